The van der Waals surface area contributed by atoms with Crippen LogP contribution in [0.3, 0.4) is 0 Å². The molecule has 6 nitrogen and oxygen atoms in total. The summed E-state index contributed by atoms with van der Waals surface area (Å²) >= 11 is 0. The molecule has 1 atom stereocenters. The second-order valence-corrected chi connectivity index (χ2v) is 17.8. The van der Waals surface area contributed by atoms with E-state index in [1.807, 2.05) is 0 Å². The van der Waals surface area contributed by atoms with Gasteiger partial charge in [0.05, 0.1) is 0 Å². The van der Waals surface area contributed by atoms with Crippen LogP contribution in [0.5, 0.6) is 0 Å². The number of carbonyl (C=O) groups excluding carboxylic acids is 3. The number of esters is 3. The van der Waals surface area contributed by atoms with Crippen LogP contribution < -0.4 is 0 Å². The second-order valence-electron chi connectivity index (χ2n) is 17.8. The van der Waals surface area contributed by atoms with Crippen molar-refractivity contribution in [2.24, 2.45) is 0 Å². The standard InChI is InChI=1S/C53H100O6/c1-4-7-10-13-16-18-20-22-23-24-25-26-27-28-29-31-32-34-37-40-43-46-52(55)58-49-50(48-57-51(54)45-42-39-36-15-12-9-6-3)59-53(56)47-44-41-38-35-33-30-21-19-17-14-11-8-5-2/h19,21,50H,4-18,20,22-49H2,1-3H3/b21-19-. The van der Waals surface area contributed by atoms with Crippen LogP contribution in [0.4, 0.5) is 0 Å². The Labute approximate surface area is 367 Å². The van der Waals surface area contributed by atoms with Gasteiger partial charge in [0.2, 0.25) is 0 Å². The fourth-order valence-corrected chi connectivity index (χ4v) is 7.79. The SMILES string of the molecule is CCCCCC/C=C\CCCCCCCC(=O)OC(COC(=O)CCCCCCCCC)COC(=O)CCCCCCCCCCCCCCCCCCCCCCC. The largest absolute Gasteiger partial charge is 0.462 e. The molecule has 0 aliphatic heterocycles. The maximum absolute atomic E-state index is 12.7. The van der Waals surface area contributed by atoms with E-state index in [-0.39, 0.29) is 31.1 Å². The first-order valence-electron chi connectivity index (χ1n) is 26.2. The zero-order valence-corrected chi connectivity index (χ0v) is 39.8. The van der Waals surface area contributed by atoms with Crippen molar-refractivity contribution >= 4 is 17.9 Å². The van der Waals surface area contributed by atoms with Crippen molar-refractivity contribution in [1.29, 1.82) is 0 Å². The Bertz CT molecular complexity index is 916. The van der Waals surface area contributed by atoms with Crippen molar-refractivity contribution in [1.82, 2.24) is 0 Å². The van der Waals surface area contributed by atoms with Crippen molar-refractivity contribution in [3.05, 3.63) is 12.2 Å². The summed E-state index contributed by atoms with van der Waals surface area (Å²) < 4.78 is 16.7. The van der Waals surface area contributed by atoms with Crippen LogP contribution in [0.2, 0.25) is 0 Å². The van der Waals surface area contributed by atoms with E-state index in [1.54, 1.807) is 0 Å². The number of hydrogen-bond donors (Lipinski definition) is 0. The van der Waals surface area contributed by atoms with Gasteiger partial charge in [-0.05, 0) is 44.9 Å². The Balaban J connectivity index is 4.14. The summed E-state index contributed by atoms with van der Waals surface area (Å²) in [4.78, 5) is 37.7. The molecule has 0 N–H and O–H groups in total. The normalized spacial score (nSPS) is 12.0. The van der Waals surface area contributed by atoms with Crippen LogP contribution in [0, 0.1) is 0 Å². The van der Waals surface area contributed by atoms with Gasteiger partial charge in [-0.1, -0.05) is 238 Å². The van der Waals surface area contributed by atoms with Gasteiger partial charge < -0.3 is 14.2 Å². The van der Waals surface area contributed by atoms with Gasteiger partial charge in [0.1, 0.15) is 13.2 Å². The van der Waals surface area contributed by atoms with Crippen LogP contribution in [-0.4, -0.2) is 37.2 Å². The van der Waals surface area contributed by atoms with E-state index in [1.165, 1.54) is 186 Å². The summed E-state index contributed by atoms with van der Waals surface area (Å²) in [7, 11) is 0. The monoisotopic (exact) mass is 833 g/mol. The van der Waals surface area contributed by atoms with Crippen molar-refractivity contribution < 1.29 is 28.6 Å². The van der Waals surface area contributed by atoms with Crippen LogP contribution in [0.1, 0.15) is 290 Å². The summed E-state index contributed by atoms with van der Waals surface area (Å²) in [6.45, 7) is 6.61. The highest BCUT2D eigenvalue weighted by Gasteiger charge is 2.19. The molecule has 6 heteroatoms. The summed E-state index contributed by atoms with van der Waals surface area (Å²) in [6, 6.07) is 0. The van der Waals surface area contributed by atoms with E-state index < -0.39 is 6.10 Å². The number of hydrogen-bond acceptors (Lipinski definition) is 6. The molecule has 0 aromatic rings. The van der Waals surface area contributed by atoms with Crippen molar-refractivity contribution in [2.75, 3.05) is 13.2 Å². The predicted molar refractivity (Wildman–Crippen MR) is 252 cm³/mol. The lowest BCUT2D eigenvalue weighted by Gasteiger charge is -2.18. The third-order valence-corrected chi connectivity index (χ3v) is 11.8. The molecule has 0 aromatic heterocycles. The molecule has 0 saturated carbocycles. The number of ether oxygens (including phenoxy) is 3. The van der Waals surface area contributed by atoms with E-state index in [4.69, 9.17) is 14.2 Å². The minimum atomic E-state index is -0.766. The lowest BCUT2D eigenvalue weighted by Crippen LogP contribution is -2.30. The van der Waals surface area contributed by atoms with E-state index in [9.17, 15) is 14.4 Å². The maximum Gasteiger partial charge on any atom is 0.306 e. The molecule has 0 aromatic carbocycles. The molecule has 0 bridgehead atoms. The first-order valence-corrected chi connectivity index (χ1v) is 26.2. The highest BCUT2D eigenvalue weighted by atomic mass is 16.6. The van der Waals surface area contributed by atoms with Gasteiger partial charge in [-0.15, -0.1) is 0 Å². The molecule has 0 amide bonds. The number of unbranched alkanes of at least 4 members (excludes halogenated alkanes) is 35. The minimum Gasteiger partial charge on any atom is -0.462 e. The fourth-order valence-electron chi connectivity index (χ4n) is 7.79. The molecule has 1 unspecified atom stereocenters. The molecule has 0 heterocycles. The van der Waals surface area contributed by atoms with Gasteiger partial charge in [0.15, 0.2) is 6.10 Å². The van der Waals surface area contributed by atoms with Gasteiger partial charge >= 0.3 is 17.9 Å². The van der Waals surface area contributed by atoms with Crippen LogP contribution >= 0.6 is 0 Å². The second kappa shape index (κ2) is 48.8. The van der Waals surface area contributed by atoms with Gasteiger partial charge in [-0.3, -0.25) is 14.4 Å². The number of rotatable bonds is 48. The molecular weight excluding hydrogens is 733 g/mol. The number of allylic oxidation sites excluding steroid dienone is 2. The van der Waals surface area contributed by atoms with Crippen molar-refractivity contribution in [2.45, 2.75) is 297 Å². The van der Waals surface area contributed by atoms with Gasteiger partial charge in [0, 0.05) is 19.3 Å². The van der Waals surface area contributed by atoms with E-state index >= 15 is 0 Å². The van der Waals surface area contributed by atoms with Gasteiger partial charge in [0.25, 0.3) is 0 Å². The molecule has 0 aliphatic rings. The smallest absolute Gasteiger partial charge is 0.306 e. The zero-order valence-electron chi connectivity index (χ0n) is 39.8. The van der Waals surface area contributed by atoms with Crippen LogP contribution in [0.15, 0.2) is 12.2 Å². The lowest BCUT2D eigenvalue weighted by atomic mass is 10.0. The Morgan fingerprint density at radius 1 is 0.322 bits per heavy atom. The molecule has 0 fully saturated rings. The molecule has 0 spiro atoms. The average Bonchev–Trinajstić information content (AvgIpc) is 3.23. The molecule has 0 rings (SSSR count). The first kappa shape index (κ1) is 57.1. The summed E-state index contributed by atoms with van der Waals surface area (Å²) in [5.74, 6) is -0.869. The Hall–Kier alpha value is -1.85. The van der Waals surface area contributed by atoms with Crippen molar-refractivity contribution in [3.8, 4) is 0 Å². The van der Waals surface area contributed by atoms with Crippen LogP contribution in [-0.2, 0) is 28.6 Å². The molecule has 0 saturated heterocycles. The van der Waals surface area contributed by atoms with Gasteiger partial charge in [-0.25, -0.2) is 0 Å². The van der Waals surface area contributed by atoms with Gasteiger partial charge in [-0.2, -0.15) is 0 Å². The molecule has 0 radical (unpaired) electrons. The van der Waals surface area contributed by atoms with Crippen molar-refractivity contribution in [3.63, 3.8) is 0 Å². The molecule has 348 valence electrons. The van der Waals surface area contributed by atoms with E-state index in [0.29, 0.717) is 19.3 Å². The Morgan fingerprint density at radius 2 is 0.559 bits per heavy atom. The van der Waals surface area contributed by atoms with Crippen LogP contribution in [0.25, 0.3) is 0 Å². The highest BCUT2D eigenvalue weighted by Crippen LogP contribution is 2.16. The van der Waals surface area contributed by atoms with E-state index in [2.05, 4.69) is 32.9 Å². The predicted octanol–water partition coefficient (Wildman–Crippen LogP) is 17.0. The summed E-state index contributed by atoms with van der Waals surface area (Å²) in [5, 5.41) is 0. The Morgan fingerprint density at radius 3 is 0.864 bits per heavy atom. The molecule has 59 heavy (non-hydrogen) atoms. The first-order chi connectivity index (χ1) is 29.0. The topological polar surface area (TPSA) is 78.9 Å². The quantitative estimate of drug-likeness (QED) is 0.0263. The lowest BCUT2D eigenvalue weighted by molar-refractivity contribution is -0.167. The number of carbonyl (C=O) groups is 3. The average molecular weight is 833 g/mol. The van der Waals surface area contributed by atoms with E-state index in [0.717, 1.165) is 64.2 Å². The molecular formula is C53H100O6. The third kappa shape index (κ3) is 47.1. The highest BCUT2D eigenvalue weighted by molar-refractivity contribution is 5.71. The summed E-state index contributed by atoms with van der Waals surface area (Å²) in [6.07, 6.45) is 53.6. The molecule has 0 aliphatic carbocycles. The summed E-state index contributed by atoms with van der Waals surface area (Å²) in [5.41, 5.74) is 0. The third-order valence-electron chi connectivity index (χ3n) is 11.8. The minimum absolute atomic E-state index is 0.0688. The fraction of sp³-hybridized carbons (Fsp3) is 0.906. The zero-order chi connectivity index (χ0) is 43.0. The maximum atomic E-state index is 12.7. The Kier molecular flexibility index (Phi) is 47.3.